The molecule has 21 heavy (non-hydrogen) atoms. The molecule has 2 heterocycles. The summed E-state index contributed by atoms with van der Waals surface area (Å²) in [6.07, 6.45) is 3.79. The predicted octanol–water partition coefficient (Wildman–Crippen LogP) is -0.507. The summed E-state index contributed by atoms with van der Waals surface area (Å²) in [4.78, 5) is 16.0. The van der Waals surface area contributed by atoms with Gasteiger partial charge in [0.15, 0.2) is 0 Å². The van der Waals surface area contributed by atoms with Crippen LogP contribution in [0.2, 0.25) is 0 Å². The van der Waals surface area contributed by atoms with Gasteiger partial charge in [-0.3, -0.25) is 4.79 Å². The number of carbonyl (C=O) groups is 1. The van der Waals surface area contributed by atoms with E-state index in [1.807, 2.05) is 11.6 Å². The smallest absolute Gasteiger partial charge is 0.269 e. The number of pyridine rings is 1. The lowest BCUT2D eigenvalue weighted by atomic mass is 10.2. The summed E-state index contributed by atoms with van der Waals surface area (Å²) >= 11 is 0. The van der Waals surface area contributed by atoms with Gasteiger partial charge in [0.1, 0.15) is 17.8 Å². The van der Waals surface area contributed by atoms with Crippen molar-refractivity contribution in [3.63, 3.8) is 0 Å². The van der Waals surface area contributed by atoms with Crippen LogP contribution in [0.3, 0.4) is 0 Å². The standard InChI is InChI=1S/C14H16N6O/c1-20-10-18-19-13(20)6-8-16-14(21)12-5-4-11(9-17-12)3-2-7-15/h4-5,9-10H,6-8,15H2,1H3,(H,16,21). The fraction of sp³-hybridized carbons (Fsp3) is 0.286. The molecule has 0 bridgehead atoms. The molecule has 0 saturated carbocycles. The van der Waals surface area contributed by atoms with Crippen LogP contribution in [0.15, 0.2) is 24.7 Å². The molecule has 0 aliphatic heterocycles. The highest BCUT2D eigenvalue weighted by Crippen LogP contribution is 1.99. The van der Waals surface area contributed by atoms with Crippen LogP contribution in [0.5, 0.6) is 0 Å². The summed E-state index contributed by atoms with van der Waals surface area (Å²) in [5.41, 5.74) is 6.38. The lowest BCUT2D eigenvalue weighted by Gasteiger charge is -2.04. The van der Waals surface area contributed by atoms with E-state index in [1.165, 1.54) is 0 Å². The van der Waals surface area contributed by atoms with Gasteiger partial charge in [-0.25, -0.2) is 4.98 Å². The third-order valence-corrected chi connectivity index (χ3v) is 2.77. The third-order valence-electron chi connectivity index (χ3n) is 2.77. The van der Waals surface area contributed by atoms with Crippen LogP contribution in [0.25, 0.3) is 0 Å². The van der Waals surface area contributed by atoms with Gasteiger partial charge in [0, 0.05) is 31.8 Å². The Morgan fingerprint density at radius 2 is 2.33 bits per heavy atom. The molecule has 1 amide bonds. The minimum absolute atomic E-state index is 0.226. The van der Waals surface area contributed by atoms with Crippen LogP contribution in [-0.2, 0) is 13.5 Å². The Morgan fingerprint density at radius 1 is 1.48 bits per heavy atom. The second-order valence-electron chi connectivity index (χ2n) is 4.30. The number of hydrogen-bond acceptors (Lipinski definition) is 5. The highest BCUT2D eigenvalue weighted by molar-refractivity contribution is 5.92. The lowest BCUT2D eigenvalue weighted by molar-refractivity contribution is 0.0949. The summed E-state index contributed by atoms with van der Waals surface area (Å²) in [5, 5.41) is 10.5. The van der Waals surface area contributed by atoms with E-state index in [9.17, 15) is 4.79 Å². The van der Waals surface area contributed by atoms with Crippen LogP contribution in [0.4, 0.5) is 0 Å². The largest absolute Gasteiger partial charge is 0.350 e. The molecule has 0 saturated heterocycles. The van der Waals surface area contributed by atoms with E-state index in [-0.39, 0.29) is 5.91 Å². The maximum atomic E-state index is 11.9. The van der Waals surface area contributed by atoms with Gasteiger partial charge >= 0.3 is 0 Å². The van der Waals surface area contributed by atoms with E-state index in [4.69, 9.17) is 5.73 Å². The van der Waals surface area contributed by atoms with Gasteiger partial charge in [-0.05, 0) is 12.1 Å². The van der Waals surface area contributed by atoms with Crippen molar-refractivity contribution >= 4 is 5.91 Å². The van der Waals surface area contributed by atoms with Crippen molar-refractivity contribution < 1.29 is 4.79 Å². The Morgan fingerprint density at radius 3 is 2.95 bits per heavy atom. The molecule has 3 N–H and O–H groups in total. The van der Waals surface area contributed by atoms with Crippen molar-refractivity contribution in [3.8, 4) is 11.8 Å². The first-order valence-electron chi connectivity index (χ1n) is 6.47. The van der Waals surface area contributed by atoms with Gasteiger partial charge in [-0.15, -0.1) is 10.2 Å². The molecule has 0 aliphatic rings. The number of nitrogens with two attached hydrogens (primary N) is 1. The molecule has 108 valence electrons. The first-order valence-corrected chi connectivity index (χ1v) is 6.47. The van der Waals surface area contributed by atoms with Crippen LogP contribution >= 0.6 is 0 Å². The fourth-order valence-corrected chi connectivity index (χ4v) is 1.67. The number of rotatable bonds is 4. The Kier molecular flexibility index (Phi) is 5.01. The van der Waals surface area contributed by atoms with Gasteiger partial charge < -0.3 is 15.6 Å². The van der Waals surface area contributed by atoms with Crippen molar-refractivity contribution in [1.82, 2.24) is 25.1 Å². The number of nitrogens with zero attached hydrogens (tertiary/aromatic N) is 4. The normalized spacial score (nSPS) is 9.81. The van der Waals surface area contributed by atoms with Crippen LogP contribution < -0.4 is 11.1 Å². The highest BCUT2D eigenvalue weighted by Gasteiger charge is 2.07. The zero-order valence-electron chi connectivity index (χ0n) is 11.7. The topological polar surface area (TPSA) is 98.7 Å². The Labute approximate surface area is 122 Å². The summed E-state index contributed by atoms with van der Waals surface area (Å²) in [6.45, 7) is 0.770. The van der Waals surface area contributed by atoms with Crippen LogP contribution in [0.1, 0.15) is 21.9 Å². The number of aryl methyl sites for hydroxylation is 1. The number of carbonyl (C=O) groups excluding carboxylic acids is 1. The molecule has 2 aromatic heterocycles. The Hall–Kier alpha value is -2.72. The van der Waals surface area contributed by atoms with E-state index >= 15 is 0 Å². The van der Waals surface area contributed by atoms with Crippen molar-refractivity contribution in [1.29, 1.82) is 0 Å². The quantitative estimate of drug-likeness (QED) is 0.737. The molecule has 7 heteroatoms. The van der Waals surface area contributed by atoms with E-state index < -0.39 is 0 Å². The summed E-state index contributed by atoms with van der Waals surface area (Å²) in [7, 11) is 1.86. The number of nitrogens with one attached hydrogen (secondary N) is 1. The van der Waals surface area contributed by atoms with Gasteiger partial charge in [-0.2, -0.15) is 0 Å². The van der Waals surface area contributed by atoms with Crippen molar-refractivity contribution in [3.05, 3.63) is 41.7 Å². The Bertz CT molecular complexity index is 665. The average Bonchev–Trinajstić information content (AvgIpc) is 2.91. The highest BCUT2D eigenvalue weighted by atomic mass is 16.1. The second-order valence-corrected chi connectivity index (χ2v) is 4.30. The minimum atomic E-state index is -0.226. The molecule has 0 spiro atoms. The van der Waals surface area contributed by atoms with Crippen molar-refractivity contribution in [2.24, 2.45) is 12.8 Å². The summed E-state index contributed by atoms with van der Waals surface area (Å²) in [6, 6.07) is 3.38. The zero-order valence-corrected chi connectivity index (χ0v) is 11.7. The van der Waals surface area contributed by atoms with E-state index in [1.54, 1.807) is 24.7 Å². The van der Waals surface area contributed by atoms with E-state index in [0.29, 0.717) is 25.2 Å². The molecule has 0 fully saturated rings. The van der Waals surface area contributed by atoms with Gasteiger partial charge in [0.05, 0.1) is 6.54 Å². The van der Waals surface area contributed by atoms with Gasteiger partial charge in [0.25, 0.3) is 5.91 Å². The maximum Gasteiger partial charge on any atom is 0.269 e. The first-order chi connectivity index (χ1) is 10.2. The molecule has 2 rings (SSSR count). The lowest BCUT2D eigenvalue weighted by Crippen LogP contribution is -2.27. The Balaban J connectivity index is 1.87. The van der Waals surface area contributed by atoms with E-state index in [0.717, 1.165) is 11.4 Å². The summed E-state index contributed by atoms with van der Waals surface area (Å²) in [5.74, 6) is 6.17. The van der Waals surface area contributed by atoms with Crippen LogP contribution in [0, 0.1) is 11.8 Å². The number of aromatic nitrogens is 4. The first kappa shape index (κ1) is 14.7. The molecule has 0 unspecified atom stereocenters. The molecule has 0 aliphatic carbocycles. The van der Waals surface area contributed by atoms with E-state index in [2.05, 4.69) is 32.3 Å². The third kappa shape index (κ3) is 4.12. The second kappa shape index (κ2) is 7.17. The van der Waals surface area contributed by atoms with Crippen molar-refractivity contribution in [2.75, 3.05) is 13.1 Å². The van der Waals surface area contributed by atoms with Gasteiger partial charge in [0.2, 0.25) is 0 Å². The monoisotopic (exact) mass is 284 g/mol. The zero-order chi connectivity index (χ0) is 15.1. The number of amides is 1. The molecular weight excluding hydrogens is 268 g/mol. The van der Waals surface area contributed by atoms with Gasteiger partial charge in [-0.1, -0.05) is 11.8 Å². The van der Waals surface area contributed by atoms with Crippen LogP contribution in [-0.4, -0.2) is 38.7 Å². The molecule has 0 aromatic carbocycles. The summed E-state index contributed by atoms with van der Waals surface area (Å²) < 4.78 is 1.81. The predicted molar refractivity (Wildman–Crippen MR) is 77.2 cm³/mol. The number of hydrogen-bond donors (Lipinski definition) is 2. The molecule has 2 aromatic rings. The van der Waals surface area contributed by atoms with Crippen molar-refractivity contribution in [2.45, 2.75) is 6.42 Å². The minimum Gasteiger partial charge on any atom is -0.350 e. The molecule has 0 atom stereocenters. The SMILES string of the molecule is Cn1cnnc1CCNC(=O)c1ccc(C#CCN)cn1. The molecule has 7 nitrogen and oxygen atoms in total. The maximum absolute atomic E-state index is 11.9. The molecular formula is C14H16N6O. The average molecular weight is 284 g/mol. The fourth-order valence-electron chi connectivity index (χ4n) is 1.67. The molecule has 0 radical (unpaired) electrons.